The number of halogens is 2. The maximum atomic E-state index is 2.47. The van der Waals surface area contributed by atoms with Crippen molar-refractivity contribution in [3.8, 4) is 22.3 Å². The molecule has 6 heteroatoms. The Morgan fingerprint density at radius 1 is 0.532 bits per heavy atom. The van der Waals surface area contributed by atoms with E-state index >= 15 is 0 Å². The summed E-state index contributed by atoms with van der Waals surface area (Å²) in [6.45, 7) is 19.2. The predicted octanol–water partition coefficient (Wildman–Crippen LogP) is 10.1. The van der Waals surface area contributed by atoms with E-state index in [0.29, 0.717) is 0 Å². The van der Waals surface area contributed by atoms with Crippen LogP contribution < -0.4 is 35.2 Å². The fraction of sp³-hybridized carbons (Fsp3) is 0.464. The van der Waals surface area contributed by atoms with Crippen LogP contribution in [0.4, 0.5) is 0 Å². The molecule has 6 aromatic rings. The Kier molecular flexibility index (Phi) is 21.5. The molecule has 62 heavy (non-hydrogen) atoms. The Bertz CT molecular complexity index is 2080. The van der Waals surface area contributed by atoms with Gasteiger partial charge in [0.1, 0.15) is 0 Å². The van der Waals surface area contributed by atoms with Crippen molar-refractivity contribution in [1.29, 1.82) is 0 Å². The number of benzene rings is 4. The van der Waals surface area contributed by atoms with E-state index in [-0.39, 0.29) is 30.2 Å². The van der Waals surface area contributed by atoms with Gasteiger partial charge in [0.15, 0.2) is 0 Å². The molecule has 0 atom stereocenters. The maximum absolute atomic E-state index is 2.47. The van der Waals surface area contributed by atoms with Crippen LogP contribution in [0.3, 0.4) is 0 Å². The van der Waals surface area contributed by atoms with Gasteiger partial charge < -0.3 is 24.8 Å². The monoisotopic (exact) mass is 992 g/mol. The van der Waals surface area contributed by atoms with Crippen LogP contribution in [0.5, 0.6) is 0 Å². The van der Waals surface area contributed by atoms with Crippen molar-refractivity contribution in [3.05, 3.63) is 120 Å². The summed E-state index contributed by atoms with van der Waals surface area (Å²) in [5.41, 5.74) is 8.79. The average molecular weight is 996 g/mol. The zero-order valence-electron chi connectivity index (χ0n) is 39.6. The van der Waals surface area contributed by atoms with E-state index in [9.17, 15) is 0 Å². The Morgan fingerprint density at radius 2 is 0.887 bits per heavy atom. The zero-order valence-corrected chi connectivity index (χ0v) is 46.6. The summed E-state index contributed by atoms with van der Waals surface area (Å²) in [4.78, 5) is 0. The minimum Gasteiger partial charge on any atom is -1.00 e. The fourth-order valence-corrected chi connectivity index (χ4v) is 14.7. The maximum Gasteiger partial charge on any atom is 0.0775 e. The molecule has 332 valence electrons. The topological polar surface area (TPSA) is 0 Å². The molecule has 8 rings (SSSR count). The summed E-state index contributed by atoms with van der Waals surface area (Å²) >= 11 is 1.79. The van der Waals surface area contributed by atoms with Crippen molar-refractivity contribution in [2.45, 2.75) is 155 Å². The Morgan fingerprint density at radius 3 is 1.18 bits per heavy atom. The normalized spacial score (nSPS) is 15.3. The summed E-state index contributed by atoms with van der Waals surface area (Å²) < 4.78 is 0. The van der Waals surface area contributed by atoms with Gasteiger partial charge in [0.25, 0.3) is 0 Å². The summed E-state index contributed by atoms with van der Waals surface area (Å²) in [5, 5.41) is 8.75. The van der Waals surface area contributed by atoms with Crippen LogP contribution in [0.25, 0.3) is 43.8 Å². The molecular formula is C56H76Cl2Si3Zr-2. The molecule has 2 aliphatic carbocycles. The molecule has 0 N–H and O–H groups in total. The summed E-state index contributed by atoms with van der Waals surface area (Å²) in [6.07, 6.45) is 21.1. The molecule has 2 fully saturated rings. The van der Waals surface area contributed by atoms with Gasteiger partial charge in [-0.3, -0.25) is 0 Å². The Balaban J connectivity index is 0.000000234. The largest absolute Gasteiger partial charge is 1.00 e. The molecule has 0 bridgehead atoms. The second kappa shape index (κ2) is 25.2. The van der Waals surface area contributed by atoms with E-state index in [1.165, 1.54) is 157 Å². The standard InChI is InChI=1S/2C26H33Si.C4H10Si.2ClH.Zr/c2*1-27(2,3)24-15-13-22(14-16-24)25-12-8-11-23-18-21(19-26(23)25)17-20-9-6-4-5-7-10-20;1-3-4-5-2;;;/h2*8,11-16,18-20H,4-7,9-10,17H2,1-3H3;3-4H2,1-2H3;2*1H;/q2*-1;;;;+2/p-2. The van der Waals surface area contributed by atoms with Crippen molar-refractivity contribution < 1.29 is 48.1 Å². The Hall–Kier alpha value is -1.79. The van der Waals surface area contributed by atoms with E-state index < -0.39 is 16.1 Å². The number of hydrogen-bond donors (Lipinski definition) is 0. The van der Waals surface area contributed by atoms with Crippen LogP contribution in [0.1, 0.15) is 102 Å². The summed E-state index contributed by atoms with van der Waals surface area (Å²) in [5.74, 6) is 1.78. The van der Waals surface area contributed by atoms with E-state index in [4.69, 9.17) is 0 Å². The average Bonchev–Trinajstić information content (AvgIpc) is 3.60. The van der Waals surface area contributed by atoms with Gasteiger partial charge in [-0.1, -0.05) is 198 Å². The smallest absolute Gasteiger partial charge is 0.0775 e. The summed E-state index contributed by atoms with van der Waals surface area (Å²) in [6, 6.07) is 43.7. The van der Waals surface area contributed by atoms with Gasteiger partial charge in [-0.05, 0) is 35.8 Å². The molecule has 0 heterocycles. The third kappa shape index (κ3) is 15.4. The summed E-state index contributed by atoms with van der Waals surface area (Å²) in [7, 11) is -2.47. The van der Waals surface area contributed by atoms with Gasteiger partial charge in [0.05, 0.1) is 16.1 Å². The van der Waals surface area contributed by atoms with Crippen molar-refractivity contribution in [2.75, 3.05) is 0 Å². The van der Waals surface area contributed by atoms with E-state index in [2.05, 4.69) is 162 Å². The number of fused-ring (bicyclic) bond motifs is 2. The fourth-order valence-electron chi connectivity index (χ4n) is 9.81. The van der Waals surface area contributed by atoms with Gasteiger partial charge in [0, 0.05) is 0 Å². The van der Waals surface area contributed by atoms with Crippen LogP contribution >= 0.6 is 0 Å². The van der Waals surface area contributed by atoms with Gasteiger partial charge in [-0.2, -0.15) is 12.1 Å². The van der Waals surface area contributed by atoms with Crippen LogP contribution in [0, 0.1) is 11.8 Å². The molecule has 0 unspecified atom stereocenters. The van der Waals surface area contributed by atoms with Crippen molar-refractivity contribution in [1.82, 2.24) is 0 Å². The minimum absolute atomic E-state index is 0. The van der Waals surface area contributed by atoms with Crippen LogP contribution in [-0.2, 0) is 36.2 Å². The molecule has 0 aliphatic heterocycles. The predicted molar refractivity (Wildman–Crippen MR) is 272 cm³/mol. The van der Waals surface area contributed by atoms with Gasteiger partial charge in [-0.25, -0.2) is 0 Å². The molecule has 0 radical (unpaired) electrons. The number of hydrogen-bond acceptors (Lipinski definition) is 0. The molecule has 0 aromatic heterocycles. The van der Waals surface area contributed by atoms with E-state index in [0.717, 1.165) is 11.8 Å². The molecular weight excluding hydrogens is 919 g/mol. The van der Waals surface area contributed by atoms with Crippen LogP contribution in [-0.4, -0.2) is 21.6 Å². The third-order valence-corrected chi connectivity index (χ3v) is 20.6. The van der Waals surface area contributed by atoms with Crippen molar-refractivity contribution in [3.63, 3.8) is 0 Å². The molecule has 2 saturated carbocycles. The second-order valence-electron chi connectivity index (χ2n) is 20.7. The Labute approximate surface area is 407 Å². The zero-order chi connectivity index (χ0) is 42.7. The quantitative estimate of drug-likeness (QED) is 0.0729. The van der Waals surface area contributed by atoms with Crippen LogP contribution in [0.15, 0.2) is 109 Å². The number of rotatable bonds is 10. The minimum atomic E-state index is -1.24. The van der Waals surface area contributed by atoms with Gasteiger partial charge in [0.2, 0.25) is 0 Å². The molecule has 0 saturated heterocycles. The van der Waals surface area contributed by atoms with Crippen molar-refractivity contribution >= 4 is 53.5 Å². The third-order valence-electron chi connectivity index (χ3n) is 13.4. The first-order chi connectivity index (χ1) is 28.8. The van der Waals surface area contributed by atoms with Gasteiger partial charge in [-0.15, -0.1) is 69.1 Å². The first-order valence-electron chi connectivity index (χ1n) is 23.9. The van der Waals surface area contributed by atoms with E-state index in [1.807, 2.05) is 0 Å². The molecule has 0 amide bonds. The second-order valence-corrected chi connectivity index (χ2v) is 39.2. The first kappa shape index (κ1) is 52.8. The van der Waals surface area contributed by atoms with E-state index in [1.54, 1.807) is 34.5 Å². The van der Waals surface area contributed by atoms with Crippen molar-refractivity contribution in [2.24, 2.45) is 11.8 Å². The van der Waals surface area contributed by atoms with Gasteiger partial charge >= 0.3 is 54.7 Å². The molecule has 0 spiro atoms. The molecule has 6 aromatic carbocycles. The van der Waals surface area contributed by atoms with Crippen LogP contribution in [0.2, 0.25) is 51.9 Å². The SMILES string of the molecule is CCC[Si](C)=[Zr+2].C[Si](C)(C)c1ccc(-c2cccc3[cH-]c(CC4CCCCCC4)cc23)cc1.C[Si](C)(C)c1ccc(-c2cccc3[cH-]c(CC4CCCCCC4)cc23)cc1.[Cl-].[Cl-]. The molecule has 2 aliphatic rings. The first-order valence-corrected chi connectivity index (χ1v) is 36.8. The molecule has 0 nitrogen and oxygen atoms in total.